The summed E-state index contributed by atoms with van der Waals surface area (Å²) < 4.78 is 1.48. The van der Waals surface area contributed by atoms with Crippen LogP contribution < -0.4 is 5.69 Å². The number of ketones is 1. The van der Waals surface area contributed by atoms with Gasteiger partial charge in [0.1, 0.15) is 0 Å². The van der Waals surface area contributed by atoms with Gasteiger partial charge in [-0.15, -0.1) is 0 Å². The van der Waals surface area contributed by atoms with Crippen LogP contribution in [0.1, 0.15) is 25.8 Å². The number of allylic oxidation sites excluding steroid dienone is 1. The molecule has 0 saturated heterocycles. The predicted molar refractivity (Wildman–Crippen MR) is 80.3 cm³/mol. The SMILES string of the molecule is CCC(=O)/C=C/c1cn(CC)c(=O)nc1/N=C/N(C)C. The fraction of sp³-hybridized carbons (Fsp3) is 0.429. The van der Waals surface area contributed by atoms with Crippen LogP contribution in [0.25, 0.3) is 6.08 Å². The number of hydrogen-bond donors (Lipinski definition) is 0. The Labute approximate surface area is 118 Å². The molecule has 0 aliphatic heterocycles. The molecule has 108 valence electrons. The summed E-state index contributed by atoms with van der Waals surface area (Å²) >= 11 is 0. The van der Waals surface area contributed by atoms with Crippen molar-refractivity contribution in [2.45, 2.75) is 26.8 Å². The zero-order valence-electron chi connectivity index (χ0n) is 12.3. The highest BCUT2D eigenvalue weighted by Crippen LogP contribution is 2.15. The molecule has 1 aromatic heterocycles. The van der Waals surface area contributed by atoms with Gasteiger partial charge in [-0.25, -0.2) is 9.79 Å². The Kier molecular flexibility index (Phi) is 5.83. The molecule has 0 amide bonds. The standard InChI is InChI=1S/C14H20N4O2/c1-5-12(19)8-7-11-9-18(6-2)14(20)16-13(11)15-10-17(3)4/h7-10H,5-6H2,1-4H3/b8-7+,15-10+. The van der Waals surface area contributed by atoms with Crippen molar-refractivity contribution in [3.05, 3.63) is 28.3 Å². The smallest absolute Gasteiger partial charge is 0.349 e. The molecule has 0 bridgehead atoms. The van der Waals surface area contributed by atoms with Crippen molar-refractivity contribution in [2.75, 3.05) is 14.1 Å². The van der Waals surface area contributed by atoms with Crippen molar-refractivity contribution in [3.63, 3.8) is 0 Å². The molecule has 0 N–H and O–H groups in total. The van der Waals surface area contributed by atoms with Crippen molar-refractivity contribution < 1.29 is 4.79 Å². The fourth-order valence-electron chi connectivity index (χ4n) is 1.42. The predicted octanol–water partition coefficient (Wildman–Crippen LogP) is 1.48. The number of carbonyl (C=O) groups excluding carboxylic acids is 1. The van der Waals surface area contributed by atoms with E-state index in [4.69, 9.17) is 0 Å². The first-order valence-electron chi connectivity index (χ1n) is 6.51. The highest BCUT2D eigenvalue weighted by atomic mass is 16.1. The average Bonchev–Trinajstić information content (AvgIpc) is 2.43. The van der Waals surface area contributed by atoms with Crippen LogP contribution in [0.4, 0.5) is 5.82 Å². The third-order valence-corrected chi connectivity index (χ3v) is 2.55. The number of nitrogens with zero attached hydrogens (tertiary/aromatic N) is 4. The number of aryl methyl sites for hydroxylation is 1. The molecule has 0 aromatic carbocycles. The van der Waals surface area contributed by atoms with E-state index in [0.29, 0.717) is 24.3 Å². The molecule has 0 fully saturated rings. The van der Waals surface area contributed by atoms with Gasteiger partial charge in [0.25, 0.3) is 0 Å². The number of aliphatic imine (C=N–C) groups is 1. The van der Waals surface area contributed by atoms with E-state index >= 15 is 0 Å². The Hall–Kier alpha value is -2.24. The van der Waals surface area contributed by atoms with Crippen LogP contribution in [0.15, 0.2) is 22.1 Å². The van der Waals surface area contributed by atoms with Gasteiger partial charge in [-0.2, -0.15) is 4.98 Å². The second kappa shape index (κ2) is 7.37. The Balaban J connectivity index is 3.26. The lowest BCUT2D eigenvalue weighted by molar-refractivity contribution is -0.114. The first-order chi connectivity index (χ1) is 9.47. The van der Waals surface area contributed by atoms with Crippen molar-refractivity contribution in [2.24, 2.45) is 4.99 Å². The summed E-state index contributed by atoms with van der Waals surface area (Å²) in [6.45, 7) is 4.17. The molecule has 0 radical (unpaired) electrons. The van der Waals surface area contributed by atoms with Crippen molar-refractivity contribution in [1.29, 1.82) is 0 Å². The maximum Gasteiger partial charge on any atom is 0.349 e. The highest BCUT2D eigenvalue weighted by Gasteiger charge is 2.05. The number of carbonyl (C=O) groups is 1. The molecule has 0 unspecified atom stereocenters. The van der Waals surface area contributed by atoms with E-state index in [0.717, 1.165) is 0 Å². The molecule has 0 aliphatic carbocycles. The van der Waals surface area contributed by atoms with Gasteiger partial charge >= 0.3 is 5.69 Å². The minimum absolute atomic E-state index is 0.0155. The second-order valence-corrected chi connectivity index (χ2v) is 4.45. The number of aromatic nitrogens is 2. The van der Waals surface area contributed by atoms with E-state index in [-0.39, 0.29) is 11.5 Å². The maximum absolute atomic E-state index is 11.7. The molecule has 0 atom stereocenters. The molecule has 1 aromatic rings. The summed E-state index contributed by atoms with van der Waals surface area (Å²) in [5, 5.41) is 0. The van der Waals surface area contributed by atoms with Gasteiger partial charge < -0.3 is 4.90 Å². The summed E-state index contributed by atoms with van der Waals surface area (Å²) in [6.07, 6.45) is 6.80. The van der Waals surface area contributed by atoms with Gasteiger partial charge in [0.2, 0.25) is 0 Å². The highest BCUT2D eigenvalue weighted by molar-refractivity contribution is 5.93. The number of hydrogen-bond acceptors (Lipinski definition) is 4. The van der Waals surface area contributed by atoms with E-state index in [1.807, 2.05) is 21.0 Å². The fourth-order valence-corrected chi connectivity index (χ4v) is 1.42. The van der Waals surface area contributed by atoms with E-state index < -0.39 is 0 Å². The number of rotatable bonds is 6. The van der Waals surface area contributed by atoms with Crippen LogP contribution in [0.3, 0.4) is 0 Å². The molecule has 1 heterocycles. The van der Waals surface area contributed by atoms with Crippen LogP contribution >= 0.6 is 0 Å². The minimum atomic E-state index is -0.350. The Morgan fingerprint density at radius 2 is 2.15 bits per heavy atom. The van der Waals surface area contributed by atoms with Gasteiger partial charge in [0.05, 0.1) is 6.34 Å². The van der Waals surface area contributed by atoms with Gasteiger partial charge in [0, 0.05) is 38.8 Å². The summed E-state index contributed by atoms with van der Waals surface area (Å²) in [4.78, 5) is 32.9. The van der Waals surface area contributed by atoms with Crippen LogP contribution in [0.5, 0.6) is 0 Å². The summed E-state index contributed by atoms with van der Waals surface area (Å²) in [6, 6.07) is 0. The van der Waals surface area contributed by atoms with Crippen LogP contribution in [0.2, 0.25) is 0 Å². The Morgan fingerprint density at radius 3 is 2.70 bits per heavy atom. The topological polar surface area (TPSA) is 67.6 Å². The molecule has 6 nitrogen and oxygen atoms in total. The molecule has 20 heavy (non-hydrogen) atoms. The van der Waals surface area contributed by atoms with Gasteiger partial charge in [-0.05, 0) is 19.1 Å². The molecular formula is C14H20N4O2. The molecular weight excluding hydrogens is 256 g/mol. The van der Waals surface area contributed by atoms with Crippen molar-refractivity contribution in [1.82, 2.24) is 14.5 Å². The first kappa shape index (κ1) is 15.8. The summed E-state index contributed by atoms with van der Waals surface area (Å²) in [7, 11) is 3.65. The zero-order valence-corrected chi connectivity index (χ0v) is 12.3. The lowest BCUT2D eigenvalue weighted by atomic mass is 10.2. The van der Waals surface area contributed by atoms with Gasteiger partial charge in [-0.3, -0.25) is 9.36 Å². The lowest BCUT2D eigenvalue weighted by Gasteiger charge is -2.06. The van der Waals surface area contributed by atoms with E-state index in [9.17, 15) is 9.59 Å². The van der Waals surface area contributed by atoms with Crippen LogP contribution in [-0.2, 0) is 11.3 Å². The summed E-state index contributed by atoms with van der Waals surface area (Å²) in [5.41, 5.74) is 0.295. The maximum atomic E-state index is 11.7. The summed E-state index contributed by atoms with van der Waals surface area (Å²) in [5.74, 6) is 0.329. The third kappa shape index (κ3) is 4.46. The Morgan fingerprint density at radius 1 is 1.45 bits per heavy atom. The van der Waals surface area contributed by atoms with E-state index in [1.54, 1.807) is 30.4 Å². The van der Waals surface area contributed by atoms with Crippen molar-refractivity contribution >= 4 is 24.0 Å². The monoisotopic (exact) mass is 276 g/mol. The normalized spacial score (nSPS) is 11.4. The minimum Gasteiger partial charge on any atom is -0.369 e. The third-order valence-electron chi connectivity index (χ3n) is 2.55. The molecule has 0 spiro atoms. The van der Waals surface area contributed by atoms with Crippen molar-refractivity contribution in [3.8, 4) is 0 Å². The van der Waals surface area contributed by atoms with E-state index in [1.165, 1.54) is 10.6 Å². The van der Waals surface area contributed by atoms with E-state index in [2.05, 4.69) is 9.98 Å². The molecule has 6 heteroatoms. The quantitative estimate of drug-likeness (QED) is 0.448. The first-order valence-corrected chi connectivity index (χ1v) is 6.51. The molecule has 1 rings (SSSR count). The molecule has 0 aliphatic rings. The van der Waals surface area contributed by atoms with Gasteiger partial charge in [-0.1, -0.05) is 6.92 Å². The molecule has 0 saturated carbocycles. The van der Waals surface area contributed by atoms with Gasteiger partial charge in [0.15, 0.2) is 11.6 Å². The Bertz CT molecular complexity index is 585. The van der Waals surface area contributed by atoms with Crippen LogP contribution in [0, 0.1) is 0 Å². The average molecular weight is 276 g/mol. The lowest BCUT2D eigenvalue weighted by Crippen LogP contribution is -2.22. The van der Waals surface area contributed by atoms with Crippen LogP contribution in [-0.4, -0.2) is 40.7 Å². The zero-order chi connectivity index (χ0) is 15.1. The largest absolute Gasteiger partial charge is 0.369 e. The second-order valence-electron chi connectivity index (χ2n) is 4.45.